The number of hydrogen-bond acceptors (Lipinski definition) is 4. The molecule has 0 bridgehead atoms. The second-order valence-corrected chi connectivity index (χ2v) is 11.3. The molecule has 7 heteroatoms. The minimum absolute atomic E-state index is 0.140. The zero-order chi connectivity index (χ0) is 24.6. The number of fused-ring (bicyclic) bond motifs is 1. The van der Waals surface area contributed by atoms with Gasteiger partial charge in [-0.3, -0.25) is 24.2 Å². The molecule has 7 nitrogen and oxygen atoms in total. The highest BCUT2D eigenvalue weighted by Gasteiger charge is 2.57. The number of likely N-dealkylation sites (tertiary alicyclic amines) is 1. The molecule has 3 fully saturated rings. The van der Waals surface area contributed by atoms with E-state index in [-0.39, 0.29) is 11.8 Å². The van der Waals surface area contributed by atoms with Crippen LogP contribution < -0.4 is 0 Å². The molecule has 3 aromatic rings. The molecule has 7 rings (SSSR count). The van der Waals surface area contributed by atoms with Crippen LogP contribution in [0.3, 0.4) is 0 Å². The van der Waals surface area contributed by atoms with Gasteiger partial charge in [-0.05, 0) is 56.7 Å². The minimum atomic E-state index is -0.526. The molecular formula is C29H31N5O2. The molecule has 0 unspecified atom stereocenters. The fraction of sp³-hybridized carbons (Fsp3) is 0.448. The number of amides is 2. The Bertz CT molecular complexity index is 1410. The SMILES string of the molecule is CC(C)n1ncc2ccc(-c3ccc(C4=NC5(CC5)C(=O)N4CC4CN(C(=O)C5CC5)C4)cc3)cc21. The highest BCUT2D eigenvalue weighted by Crippen LogP contribution is 2.46. The summed E-state index contributed by atoms with van der Waals surface area (Å²) in [5.74, 6) is 1.83. The van der Waals surface area contributed by atoms with Crippen molar-refractivity contribution in [2.45, 2.75) is 51.1 Å². The van der Waals surface area contributed by atoms with Crippen molar-refractivity contribution in [3.63, 3.8) is 0 Å². The van der Waals surface area contributed by atoms with Crippen molar-refractivity contribution >= 4 is 28.6 Å². The van der Waals surface area contributed by atoms with Gasteiger partial charge in [-0.2, -0.15) is 5.10 Å². The highest BCUT2D eigenvalue weighted by molar-refractivity contribution is 6.16. The standard InChI is InChI=1S/C29H31N5O2/c1-18(2)34-25-13-23(9-10-24(25)14-30-34)20-3-5-21(6-4-20)26-31-29(11-12-29)28(36)33(26)17-19-15-32(16-19)27(35)22-7-8-22/h3-6,9-10,13-14,18-19,22H,7-8,11-12,15-17H2,1-2H3. The largest absolute Gasteiger partial charge is 0.342 e. The van der Waals surface area contributed by atoms with Gasteiger partial charge < -0.3 is 4.90 Å². The van der Waals surface area contributed by atoms with Gasteiger partial charge in [-0.1, -0.05) is 36.4 Å². The average Bonchev–Trinajstić information content (AvgIpc) is 3.77. The number of carbonyl (C=O) groups excluding carboxylic acids is 2. The molecule has 184 valence electrons. The van der Waals surface area contributed by atoms with Crippen molar-refractivity contribution in [1.82, 2.24) is 19.6 Å². The van der Waals surface area contributed by atoms with E-state index in [2.05, 4.69) is 66.1 Å². The molecule has 2 amide bonds. The average molecular weight is 482 g/mol. The molecule has 2 aliphatic heterocycles. The quantitative estimate of drug-likeness (QED) is 0.528. The predicted molar refractivity (Wildman–Crippen MR) is 139 cm³/mol. The van der Waals surface area contributed by atoms with Crippen LogP contribution in [-0.4, -0.2) is 62.4 Å². The Balaban J connectivity index is 1.12. The Morgan fingerprint density at radius 1 is 1.03 bits per heavy atom. The maximum Gasteiger partial charge on any atom is 0.256 e. The Morgan fingerprint density at radius 2 is 1.72 bits per heavy atom. The molecule has 0 N–H and O–H groups in total. The second kappa shape index (κ2) is 7.76. The summed E-state index contributed by atoms with van der Waals surface area (Å²) in [5, 5.41) is 5.67. The van der Waals surface area contributed by atoms with Gasteiger partial charge in [-0.15, -0.1) is 0 Å². The summed E-state index contributed by atoms with van der Waals surface area (Å²) >= 11 is 0. The van der Waals surface area contributed by atoms with E-state index in [1.807, 2.05) is 16.0 Å². The van der Waals surface area contributed by atoms with E-state index in [0.29, 0.717) is 24.4 Å². The van der Waals surface area contributed by atoms with Crippen LogP contribution >= 0.6 is 0 Å². The number of hydrogen-bond donors (Lipinski definition) is 0. The first-order valence-corrected chi connectivity index (χ1v) is 13.2. The van der Waals surface area contributed by atoms with Gasteiger partial charge in [0.2, 0.25) is 5.91 Å². The fourth-order valence-electron chi connectivity index (χ4n) is 5.64. The van der Waals surface area contributed by atoms with Gasteiger partial charge in [-0.25, -0.2) is 0 Å². The van der Waals surface area contributed by atoms with Crippen LogP contribution in [0.4, 0.5) is 0 Å². The normalized spacial score (nSPS) is 21.0. The lowest BCUT2D eigenvalue weighted by Gasteiger charge is -2.41. The summed E-state index contributed by atoms with van der Waals surface area (Å²) in [6.07, 6.45) is 5.67. The minimum Gasteiger partial charge on any atom is -0.342 e. The van der Waals surface area contributed by atoms with E-state index < -0.39 is 5.54 Å². The predicted octanol–water partition coefficient (Wildman–Crippen LogP) is 4.27. The van der Waals surface area contributed by atoms with Gasteiger partial charge in [0.1, 0.15) is 11.4 Å². The molecule has 1 saturated heterocycles. The summed E-state index contributed by atoms with van der Waals surface area (Å²) in [4.78, 5) is 34.4. The molecule has 36 heavy (non-hydrogen) atoms. The Kier molecular flexibility index (Phi) is 4.69. The van der Waals surface area contributed by atoms with Crippen LogP contribution in [0.5, 0.6) is 0 Å². The molecule has 0 atom stereocenters. The Morgan fingerprint density at radius 3 is 2.39 bits per heavy atom. The first-order valence-electron chi connectivity index (χ1n) is 13.2. The maximum atomic E-state index is 13.3. The topological polar surface area (TPSA) is 70.8 Å². The first-order chi connectivity index (χ1) is 17.4. The van der Waals surface area contributed by atoms with Crippen LogP contribution in [0.15, 0.2) is 53.7 Å². The summed E-state index contributed by atoms with van der Waals surface area (Å²) in [7, 11) is 0. The molecule has 2 saturated carbocycles. The lowest BCUT2D eigenvalue weighted by Crippen LogP contribution is -2.55. The van der Waals surface area contributed by atoms with E-state index >= 15 is 0 Å². The van der Waals surface area contributed by atoms with Crippen LogP contribution in [-0.2, 0) is 9.59 Å². The molecule has 3 heterocycles. The van der Waals surface area contributed by atoms with Crippen molar-refractivity contribution in [2.24, 2.45) is 16.8 Å². The van der Waals surface area contributed by atoms with Crippen LogP contribution in [0.1, 0.15) is 51.1 Å². The second-order valence-electron chi connectivity index (χ2n) is 11.3. The lowest BCUT2D eigenvalue weighted by atomic mass is 9.97. The summed E-state index contributed by atoms with van der Waals surface area (Å²) in [5.41, 5.74) is 3.86. The zero-order valence-corrected chi connectivity index (χ0v) is 20.9. The number of amidine groups is 1. The van der Waals surface area contributed by atoms with Crippen LogP contribution in [0.2, 0.25) is 0 Å². The maximum absolute atomic E-state index is 13.3. The van der Waals surface area contributed by atoms with Crippen molar-refractivity contribution in [3.8, 4) is 11.1 Å². The van der Waals surface area contributed by atoms with Gasteiger partial charge in [0.25, 0.3) is 5.91 Å². The number of carbonyl (C=O) groups is 2. The summed E-state index contributed by atoms with van der Waals surface area (Å²) in [6, 6.07) is 15.2. The van der Waals surface area contributed by atoms with Crippen LogP contribution in [0.25, 0.3) is 22.0 Å². The molecule has 1 aromatic heterocycles. The monoisotopic (exact) mass is 481 g/mol. The summed E-state index contributed by atoms with van der Waals surface area (Å²) in [6.45, 7) is 6.44. The fourth-order valence-corrected chi connectivity index (χ4v) is 5.64. The third kappa shape index (κ3) is 3.47. The molecule has 2 aromatic carbocycles. The van der Waals surface area contributed by atoms with Gasteiger partial charge in [0.05, 0.1) is 11.7 Å². The smallest absolute Gasteiger partial charge is 0.256 e. The molecule has 4 aliphatic rings. The third-order valence-corrected chi connectivity index (χ3v) is 8.14. The first kappa shape index (κ1) is 21.8. The number of benzene rings is 2. The Labute approximate surface area is 210 Å². The molecule has 1 spiro atoms. The lowest BCUT2D eigenvalue weighted by molar-refractivity contribution is -0.139. The van der Waals surface area contributed by atoms with Crippen molar-refractivity contribution in [2.75, 3.05) is 19.6 Å². The van der Waals surface area contributed by atoms with Gasteiger partial charge in [0.15, 0.2) is 0 Å². The van der Waals surface area contributed by atoms with E-state index in [1.54, 1.807) is 0 Å². The van der Waals surface area contributed by atoms with E-state index in [9.17, 15) is 9.59 Å². The summed E-state index contributed by atoms with van der Waals surface area (Å²) < 4.78 is 2.05. The van der Waals surface area contributed by atoms with Crippen molar-refractivity contribution in [1.29, 1.82) is 0 Å². The van der Waals surface area contributed by atoms with E-state index in [0.717, 1.165) is 72.2 Å². The zero-order valence-electron chi connectivity index (χ0n) is 20.9. The van der Waals surface area contributed by atoms with E-state index in [1.165, 1.54) is 0 Å². The Hall–Kier alpha value is -3.48. The number of aliphatic imine (C=N–C) groups is 1. The van der Waals surface area contributed by atoms with Gasteiger partial charge in [0, 0.05) is 48.5 Å². The molecule has 2 aliphatic carbocycles. The van der Waals surface area contributed by atoms with Crippen molar-refractivity contribution in [3.05, 3.63) is 54.2 Å². The number of nitrogens with zero attached hydrogens (tertiary/aromatic N) is 5. The third-order valence-electron chi connectivity index (χ3n) is 8.14. The highest BCUT2D eigenvalue weighted by atomic mass is 16.2. The van der Waals surface area contributed by atoms with Crippen molar-refractivity contribution < 1.29 is 9.59 Å². The number of rotatable bonds is 6. The van der Waals surface area contributed by atoms with Gasteiger partial charge >= 0.3 is 0 Å². The molecule has 0 radical (unpaired) electrons. The van der Waals surface area contributed by atoms with Crippen LogP contribution in [0, 0.1) is 11.8 Å². The molecular weight excluding hydrogens is 450 g/mol. The number of aromatic nitrogens is 2. The van der Waals surface area contributed by atoms with E-state index in [4.69, 9.17) is 4.99 Å².